The van der Waals surface area contributed by atoms with Crippen LogP contribution in [0, 0.1) is 0 Å². The first-order valence-electron chi connectivity index (χ1n) is 4.17. The van der Waals surface area contributed by atoms with Crippen LogP contribution in [0.4, 0.5) is 0 Å². The molecule has 4 heteroatoms. The molecule has 2 rings (SSSR count). The molecule has 0 saturated heterocycles. The van der Waals surface area contributed by atoms with Crippen molar-refractivity contribution in [3.8, 4) is 11.8 Å². The maximum Gasteiger partial charge on any atom is 0.302 e. The van der Waals surface area contributed by atoms with Gasteiger partial charge in [-0.15, -0.1) is 0 Å². The first-order valence-corrected chi connectivity index (χ1v) is 4.97. The topological polar surface area (TPSA) is 27.1 Å². The Kier molecular flexibility index (Phi) is 2.54. The number of benzene rings is 1. The zero-order valence-corrected chi connectivity index (χ0v) is 9.23. The highest BCUT2D eigenvalue weighted by Crippen LogP contribution is 2.21. The molecular weight excluding hydrogens is 244 g/mol. The van der Waals surface area contributed by atoms with Crippen molar-refractivity contribution in [1.82, 2.24) is 9.55 Å². The van der Waals surface area contributed by atoms with Crippen LogP contribution in [-0.2, 0) is 7.05 Å². The summed E-state index contributed by atoms with van der Waals surface area (Å²) in [5.41, 5.74) is 0. The molecule has 0 bridgehead atoms. The van der Waals surface area contributed by atoms with E-state index in [9.17, 15) is 0 Å². The fourth-order valence-corrected chi connectivity index (χ4v) is 1.56. The van der Waals surface area contributed by atoms with E-state index in [-0.39, 0.29) is 0 Å². The molecule has 1 heterocycles. The molecule has 0 radical (unpaired) electrons. The Hall–Kier alpha value is -1.29. The zero-order valence-electron chi connectivity index (χ0n) is 7.64. The first-order chi connectivity index (χ1) is 6.75. The lowest BCUT2D eigenvalue weighted by Crippen LogP contribution is -1.92. The van der Waals surface area contributed by atoms with E-state index in [2.05, 4.69) is 20.9 Å². The SMILES string of the molecule is Cn1cc(Br)nc1Oc1ccccc1. The minimum absolute atomic E-state index is 0.572. The molecule has 0 aliphatic heterocycles. The van der Waals surface area contributed by atoms with E-state index in [4.69, 9.17) is 4.74 Å². The van der Waals surface area contributed by atoms with Gasteiger partial charge in [0.05, 0.1) is 0 Å². The molecule has 0 fully saturated rings. The first kappa shape index (κ1) is 9.27. The summed E-state index contributed by atoms with van der Waals surface area (Å²) < 4.78 is 8.14. The number of rotatable bonds is 2. The van der Waals surface area contributed by atoms with Gasteiger partial charge < -0.3 is 9.30 Å². The maximum atomic E-state index is 5.55. The second-order valence-electron chi connectivity index (χ2n) is 2.87. The fraction of sp³-hybridized carbons (Fsp3) is 0.100. The molecule has 0 atom stereocenters. The molecule has 14 heavy (non-hydrogen) atoms. The second-order valence-corrected chi connectivity index (χ2v) is 3.68. The van der Waals surface area contributed by atoms with Gasteiger partial charge in [-0.3, -0.25) is 0 Å². The number of aromatic nitrogens is 2. The van der Waals surface area contributed by atoms with E-state index in [0.29, 0.717) is 6.01 Å². The number of nitrogens with zero attached hydrogens (tertiary/aromatic N) is 2. The average molecular weight is 253 g/mol. The molecule has 0 N–H and O–H groups in total. The summed E-state index contributed by atoms with van der Waals surface area (Å²) in [5, 5.41) is 0. The number of hydrogen-bond donors (Lipinski definition) is 0. The second kappa shape index (κ2) is 3.84. The minimum Gasteiger partial charge on any atom is -0.426 e. The van der Waals surface area contributed by atoms with Crippen molar-refractivity contribution in [3.63, 3.8) is 0 Å². The standard InChI is InChI=1S/C10H9BrN2O/c1-13-7-9(11)12-10(13)14-8-5-3-2-4-6-8/h2-7H,1H3. The number of ether oxygens (including phenoxy) is 1. The van der Waals surface area contributed by atoms with Crippen LogP contribution >= 0.6 is 15.9 Å². The van der Waals surface area contributed by atoms with E-state index < -0.39 is 0 Å². The molecule has 2 aromatic rings. The van der Waals surface area contributed by atoms with Gasteiger partial charge in [0.15, 0.2) is 0 Å². The van der Waals surface area contributed by atoms with Crippen molar-refractivity contribution in [2.24, 2.45) is 7.05 Å². The molecule has 0 aliphatic carbocycles. The van der Waals surface area contributed by atoms with E-state index >= 15 is 0 Å². The van der Waals surface area contributed by atoms with E-state index in [1.54, 1.807) is 0 Å². The van der Waals surface area contributed by atoms with Gasteiger partial charge in [0, 0.05) is 13.2 Å². The Bertz CT molecular complexity index is 425. The third-order valence-corrected chi connectivity index (χ3v) is 2.14. The quantitative estimate of drug-likeness (QED) is 0.822. The smallest absolute Gasteiger partial charge is 0.302 e. The molecule has 0 saturated carbocycles. The third-order valence-electron chi connectivity index (χ3n) is 1.76. The summed E-state index contributed by atoms with van der Waals surface area (Å²) in [4.78, 5) is 4.16. The molecule has 1 aromatic heterocycles. The van der Waals surface area contributed by atoms with Gasteiger partial charge in [-0.1, -0.05) is 18.2 Å². The molecule has 0 spiro atoms. The van der Waals surface area contributed by atoms with Crippen LogP contribution in [0.25, 0.3) is 0 Å². The zero-order chi connectivity index (χ0) is 9.97. The van der Waals surface area contributed by atoms with Crippen molar-refractivity contribution in [3.05, 3.63) is 41.1 Å². The molecular formula is C10H9BrN2O. The van der Waals surface area contributed by atoms with E-state index in [1.165, 1.54) is 0 Å². The summed E-state index contributed by atoms with van der Waals surface area (Å²) in [5.74, 6) is 0.786. The highest BCUT2D eigenvalue weighted by molar-refractivity contribution is 9.10. The van der Waals surface area contributed by atoms with Crippen molar-refractivity contribution in [2.75, 3.05) is 0 Å². The van der Waals surface area contributed by atoms with Crippen LogP contribution in [0.3, 0.4) is 0 Å². The van der Waals surface area contributed by atoms with Crippen molar-refractivity contribution in [2.45, 2.75) is 0 Å². The summed E-state index contributed by atoms with van der Waals surface area (Å²) in [6, 6.07) is 10.1. The Morgan fingerprint density at radius 2 is 2.00 bits per heavy atom. The van der Waals surface area contributed by atoms with Gasteiger partial charge in [-0.05, 0) is 28.1 Å². The largest absolute Gasteiger partial charge is 0.426 e. The molecule has 0 amide bonds. The van der Waals surface area contributed by atoms with Gasteiger partial charge in [0.1, 0.15) is 10.4 Å². The number of aryl methyl sites for hydroxylation is 1. The summed E-state index contributed by atoms with van der Waals surface area (Å²) in [6.45, 7) is 0. The lowest BCUT2D eigenvalue weighted by atomic mass is 10.3. The van der Waals surface area contributed by atoms with Crippen LogP contribution in [0.5, 0.6) is 11.8 Å². The van der Waals surface area contributed by atoms with Crippen LogP contribution < -0.4 is 4.74 Å². The van der Waals surface area contributed by atoms with E-state index in [1.807, 2.05) is 48.1 Å². The average Bonchev–Trinajstić information content (AvgIpc) is 2.47. The Morgan fingerprint density at radius 1 is 1.29 bits per heavy atom. The Balaban J connectivity index is 2.23. The lowest BCUT2D eigenvalue weighted by Gasteiger charge is -2.03. The van der Waals surface area contributed by atoms with E-state index in [0.717, 1.165) is 10.4 Å². The summed E-state index contributed by atoms with van der Waals surface area (Å²) >= 11 is 3.28. The van der Waals surface area contributed by atoms with Crippen LogP contribution in [0.1, 0.15) is 0 Å². The molecule has 0 aliphatic rings. The highest BCUT2D eigenvalue weighted by atomic mass is 79.9. The number of para-hydroxylation sites is 1. The monoisotopic (exact) mass is 252 g/mol. The Morgan fingerprint density at radius 3 is 2.57 bits per heavy atom. The normalized spacial score (nSPS) is 10.1. The van der Waals surface area contributed by atoms with Crippen LogP contribution in [-0.4, -0.2) is 9.55 Å². The summed E-state index contributed by atoms with van der Waals surface area (Å²) in [6.07, 6.45) is 1.85. The predicted molar refractivity (Wildman–Crippen MR) is 57.4 cm³/mol. The van der Waals surface area contributed by atoms with Gasteiger partial charge in [-0.25, -0.2) is 0 Å². The molecule has 72 valence electrons. The number of imidazole rings is 1. The van der Waals surface area contributed by atoms with Gasteiger partial charge >= 0.3 is 6.01 Å². The van der Waals surface area contributed by atoms with Gasteiger partial charge in [0.2, 0.25) is 0 Å². The lowest BCUT2D eigenvalue weighted by molar-refractivity contribution is 0.424. The molecule has 3 nitrogen and oxygen atoms in total. The predicted octanol–water partition coefficient (Wildman–Crippen LogP) is 2.97. The third kappa shape index (κ3) is 1.96. The number of halogens is 1. The van der Waals surface area contributed by atoms with Crippen LogP contribution in [0.15, 0.2) is 41.1 Å². The van der Waals surface area contributed by atoms with Gasteiger partial charge in [0.25, 0.3) is 0 Å². The highest BCUT2D eigenvalue weighted by Gasteiger charge is 2.04. The number of hydrogen-bond acceptors (Lipinski definition) is 2. The molecule has 1 aromatic carbocycles. The maximum absolute atomic E-state index is 5.55. The minimum atomic E-state index is 0.572. The van der Waals surface area contributed by atoms with Gasteiger partial charge in [-0.2, -0.15) is 4.98 Å². The van der Waals surface area contributed by atoms with Crippen LogP contribution in [0.2, 0.25) is 0 Å². The summed E-state index contributed by atoms with van der Waals surface area (Å²) in [7, 11) is 1.88. The molecule has 0 unspecified atom stereocenters. The fourth-order valence-electron chi connectivity index (χ4n) is 1.10. The Labute approximate surface area is 90.5 Å². The van der Waals surface area contributed by atoms with Crippen molar-refractivity contribution in [1.29, 1.82) is 0 Å². The van der Waals surface area contributed by atoms with Crippen molar-refractivity contribution < 1.29 is 4.74 Å². The van der Waals surface area contributed by atoms with Crippen molar-refractivity contribution >= 4 is 15.9 Å².